The van der Waals surface area contributed by atoms with Crippen LogP contribution < -0.4 is 10.2 Å². The van der Waals surface area contributed by atoms with E-state index in [1.807, 2.05) is 0 Å². The van der Waals surface area contributed by atoms with Gasteiger partial charge in [0, 0.05) is 18.0 Å². The number of hydrogen-bond acceptors (Lipinski definition) is 4. The number of carbonyl (C=O) groups excluding carboxylic acids is 1. The first kappa shape index (κ1) is 16.5. The topological polar surface area (TPSA) is 63.6 Å². The Labute approximate surface area is 129 Å². The molecule has 1 N–H and O–H groups in total. The maximum absolute atomic E-state index is 12.5. The number of aromatic nitrogens is 1. The van der Waals surface area contributed by atoms with E-state index in [2.05, 4.69) is 15.5 Å². The summed E-state index contributed by atoms with van der Waals surface area (Å²) in [7, 11) is 0. The quantitative estimate of drug-likeness (QED) is 0.679. The molecule has 2 aromatic rings. The number of benzene rings is 1. The summed E-state index contributed by atoms with van der Waals surface area (Å²) in [4.78, 5) is 15.4. The van der Waals surface area contributed by atoms with Crippen molar-refractivity contribution in [2.24, 2.45) is 5.10 Å². The van der Waals surface area contributed by atoms with Gasteiger partial charge >= 0.3 is 6.18 Å². The molecule has 23 heavy (non-hydrogen) atoms. The predicted molar refractivity (Wildman–Crippen MR) is 76.9 cm³/mol. The highest BCUT2D eigenvalue weighted by Gasteiger charge is 2.30. The number of amides is 1. The summed E-state index contributed by atoms with van der Waals surface area (Å²) in [5.41, 5.74) is 2.05. The fraction of sp³-hybridized carbons (Fsp3) is 0.133. The highest BCUT2D eigenvalue weighted by Crippen LogP contribution is 2.31. The van der Waals surface area contributed by atoms with Gasteiger partial charge in [-0.15, -0.1) is 0 Å². The lowest BCUT2D eigenvalue weighted by molar-refractivity contribution is -0.137. The van der Waals surface area contributed by atoms with Crippen LogP contribution in [-0.2, 0) is 11.0 Å². The van der Waals surface area contributed by atoms with E-state index in [0.29, 0.717) is 5.56 Å². The van der Waals surface area contributed by atoms with Gasteiger partial charge in [-0.3, -0.25) is 9.78 Å². The summed E-state index contributed by atoms with van der Waals surface area (Å²) in [5.74, 6) is -0.645. The van der Waals surface area contributed by atoms with Gasteiger partial charge < -0.3 is 4.74 Å². The first-order valence-electron chi connectivity index (χ1n) is 6.47. The Kier molecular flexibility index (Phi) is 5.29. The van der Waals surface area contributed by atoms with Crippen molar-refractivity contribution in [3.63, 3.8) is 0 Å². The average Bonchev–Trinajstić information content (AvgIpc) is 2.53. The van der Waals surface area contributed by atoms with Crippen LogP contribution in [-0.4, -0.2) is 23.7 Å². The number of hydrazone groups is 1. The number of ether oxygens (including phenoxy) is 1. The summed E-state index contributed by atoms with van der Waals surface area (Å²) >= 11 is 0. The second-order valence-electron chi connectivity index (χ2n) is 4.39. The van der Waals surface area contributed by atoms with Crippen molar-refractivity contribution in [3.8, 4) is 5.75 Å². The highest BCUT2D eigenvalue weighted by molar-refractivity contribution is 5.82. The Balaban J connectivity index is 1.84. The number of pyridine rings is 1. The zero-order chi connectivity index (χ0) is 16.7. The lowest BCUT2D eigenvalue weighted by Gasteiger charge is -2.09. The van der Waals surface area contributed by atoms with Crippen LogP contribution in [0.2, 0.25) is 0 Å². The fourth-order valence-electron chi connectivity index (χ4n) is 1.57. The van der Waals surface area contributed by atoms with Crippen molar-refractivity contribution >= 4 is 12.1 Å². The van der Waals surface area contributed by atoms with Crippen LogP contribution in [0.25, 0.3) is 0 Å². The molecule has 0 atom stereocenters. The highest BCUT2D eigenvalue weighted by atomic mass is 19.4. The standard InChI is InChI=1S/C15H12F3N3O2/c16-15(17,18)12-4-1-5-13(7-12)23-10-14(22)21-20-9-11-3-2-6-19-8-11/h1-9H,10H2,(H,21,22)/b20-9+. The van der Waals surface area contributed by atoms with E-state index in [1.165, 1.54) is 18.3 Å². The molecule has 5 nitrogen and oxygen atoms in total. The molecule has 0 unspecified atom stereocenters. The number of rotatable bonds is 5. The molecule has 1 aromatic heterocycles. The molecule has 120 valence electrons. The third kappa shape index (κ3) is 5.42. The Morgan fingerprint density at radius 3 is 2.83 bits per heavy atom. The molecule has 0 saturated carbocycles. The molecule has 0 fully saturated rings. The van der Waals surface area contributed by atoms with Gasteiger partial charge in [-0.1, -0.05) is 12.1 Å². The Morgan fingerprint density at radius 2 is 2.13 bits per heavy atom. The molecule has 0 radical (unpaired) electrons. The van der Waals surface area contributed by atoms with Crippen LogP contribution in [0, 0.1) is 0 Å². The Hall–Kier alpha value is -2.90. The van der Waals surface area contributed by atoms with Crippen LogP contribution in [0.4, 0.5) is 13.2 Å². The molecule has 8 heteroatoms. The van der Waals surface area contributed by atoms with Gasteiger partial charge in [0.2, 0.25) is 0 Å². The molecule has 0 spiro atoms. The minimum absolute atomic E-state index is 0.0498. The van der Waals surface area contributed by atoms with Gasteiger partial charge in [-0.05, 0) is 24.3 Å². The van der Waals surface area contributed by atoms with E-state index in [-0.39, 0.29) is 5.75 Å². The lowest BCUT2D eigenvalue weighted by atomic mass is 10.2. The van der Waals surface area contributed by atoms with Crippen LogP contribution in [0.15, 0.2) is 53.9 Å². The predicted octanol–water partition coefficient (Wildman–Crippen LogP) is 2.63. The van der Waals surface area contributed by atoms with Gasteiger partial charge in [-0.2, -0.15) is 18.3 Å². The van der Waals surface area contributed by atoms with E-state index in [1.54, 1.807) is 24.5 Å². The largest absolute Gasteiger partial charge is 0.484 e. The third-order valence-electron chi connectivity index (χ3n) is 2.62. The third-order valence-corrected chi connectivity index (χ3v) is 2.62. The van der Waals surface area contributed by atoms with Crippen LogP contribution in [0.3, 0.4) is 0 Å². The molecule has 1 aromatic carbocycles. The SMILES string of the molecule is O=C(COc1cccc(C(F)(F)F)c1)N/N=C/c1cccnc1. The van der Waals surface area contributed by atoms with Crippen molar-refractivity contribution in [1.29, 1.82) is 0 Å². The van der Waals surface area contributed by atoms with Crippen molar-refractivity contribution in [3.05, 3.63) is 59.9 Å². The Morgan fingerprint density at radius 1 is 1.30 bits per heavy atom. The first-order valence-corrected chi connectivity index (χ1v) is 6.47. The van der Waals surface area contributed by atoms with E-state index >= 15 is 0 Å². The van der Waals surface area contributed by atoms with Gasteiger partial charge in [0.15, 0.2) is 6.61 Å². The van der Waals surface area contributed by atoms with E-state index < -0.39 is 24.3 Å². The van der Waals surface area contributed by atoms with Crippen LogP contribution in [0.1, 0.15) is 11.1 Å². The number of nitrogens with zero attached hydrogens (tertiary/aromatic N) is 2. The van der Waals surface area contributed by atoms with Crippen molar-refractivity contribution in [1.82, 2.24) is 10.4 Å². The summed E-state index contributed by atoms with van der Waals surface area (Å²) in [6.45, 7) is -0.453. The van der Waals surface area contributed by atoms with E-state index in [9.17, 15) is 18.0 Å². The monoisotopic (exact) mass is 323 g/mol. The maximum Gasteiger partial charge on any atom is 0.416 e. The fourth-order valence-corrected chi connectivity index (χ4v) is 1.57. The second-order valence-corrected chi connectivity index (χ2v) is 4.39. The maximum atomic E-state index is 12.5. The minimum Gasteiger partial charge on any atom is -0.484 e. The number of nitrogens with one attached hydrogen (secondary N) is 1. The van der Waals surface area contributed by atoms with Gasteiger partial charge in [-0.25, -0.2) is 5.43 Å². The summed E-state index contributed by atoms with van der Waals surface area (Å²) in [6.07, 6.45) is 0.0679. The molecule has 0 aliphatic heterocycles. The summed E-state index contributed by atoms with van der Waals surface area (Å²) in [5, 5.41) is 3.69. The zero-order valence-corrected chi connectivity index (χ0v) is 11.7. The average molecular weight is 323 g/mol. The molecule has 2 rings (SSSR count). The second kappa shape index (κ2) is 7.39. The number of halogens is 3. The molecule has 0 bridgehead atoms. The molecular weight excluding hydrogens is 311 g/mol. The molecule has 0 aliphatic rings. The van der Waals surface area contributed by atoms with Gasteiger partial charge in [0.05, 0.1) is 11.8 Å². The van der Waals surface area contributed by atoms with Gasteiger partial charge in [0.1, 0.15) is 5.75 Å². The first-order chi connectivity index (χ1) is 10.9. The number of carbonyl (C=O) groups is 1. The van der Waals surface area contributed by atoms with Crippen molar-refractivity contribution < 1.29 is 22.7 Å². The Bertz CT molecular complexity index is 688. The van der Waals surface area contributed by atoms with E-state index in [4.69, 9.17) is 4.74 Å². The number of alkyl halides is 3. The molecule has 0 saturated heterocycles. The van der Waals surface area contributed by atoms with Crippen LogP contribution >= 0.6 is 0 Å². The minimum atomic E-state index is -4.46. The lowest BCUT2D eigenvalue weighted by Crippen LogP contribution is -2.24. The zero-order valence-electron chi connectivity index (χ0n) is 11.7. The normalized spacial score (nSPS) is 11.4. The van der Waals surface area contributed by atoms with Crippen molar-refractivity contribution in [2.75, 3.05) is 6.61 Å². The van der Waals surface area contributed by atoms with Crippen molar-refractivity contribution in [2.45, 2.75) is 6.18 Å². The summed E-state index contributed by atoms with van der Waals surface area (Å²) < 4.78 is 42.6. The molecular formula is C15H12F3N3O2. The van der Waals surface area contributed by atoms with E-state index in [0.717, 1.165) is 12.1 Å². The van der Waals surface area contributed by atoms with Gasteiger partial charge in [0.25, 0.3) is 5.91 Å². The van der Waals surface area contributed by atoms with Crippen LogP contribution in [0.5, 0.6) is 5.75 Å². The molecule has 0 aliphatic carbocycles. The number of hydrogen-bond donors (Lipinski definition) is 1. The molecule has 1 heterocycles. The molecule has 1 amide bonds. The smallest absolute Gasteiger partial charge is 0.416 e. The summed E-state index contributed by atoms with van der Waals surface area (Å²) in [6, 6.07) is 7.73.